The third-order valence-electron chi connectivity index (χ3n) is 4.97. The topological polar surface area (TPSA) is 41.7 Å². The molecule has 0 aromatic heterocycles. The van der Waals surface area contributed by atoms with Crippen LogP contribution in [0.5, 0.6) is 5.75 Å². The van der Waals surface area contributed by atoms with Gasteiger partial charge in [0, 0.05) is 42.5 Å². The van der Waals surface area contributed by atoms with Crippen molar-refractivity contribution in [3.8, 4) is 5.75 Å². The predicted molar refractivity (Wildman–Crippen MR) is 87.0 cm³/mol. The zero-order valence-electron chi connectivity index (χ0n) is 13.4. The summed E-state index contributed by atoms with van der Waals surface area (Å²) >= 11 is 0. The van der Waals surface area contributed by atoms with Gasteiger partial charge in [0.2, 0.25) is 0 Å². The van der Waals surface area contributed by atoms with Crippen molar-refractivity contribution in [2.45, 2.75) is 44.8 Å². The van der Waals surface area contributed by atoms with Crippen molar-refractivity contribution in [2.75, 3.05) is 31.6 Å². The second-order valence-electron chi connectivity index (χ2n) is 6.47. The van der Waals surface area contributed by atoms with Crippen molar-refractivity contribution in [3.05, 3.63) is 23.8 Å². The van der Waals surface area contributed by atoms with Crippen molar-refractivity contribution in [3.63, 3.8) is 0 Å². The first-order chi connectivity index (χ1) is 10.1. The molecule has 2 saturated heterocycles. The lowest BCUT2D eigenvalue weighted by atomic mass is 10.0. The molecule has 3 atom stereocenters. The van der Waals surface area contributed by atoms with Crippen LogP contribution in [0.1, 0.15) is 38.3 Å². The molecule has 2 unspecified atom stereocenters. The summed E-state index contributed by atoms with van der Waals surface area (Å²) in [5.41, 5.74) is 8.62. The second kappa shape index (κ2) is 5.85. The zero-order chi connectivity index (χ0) is 15.0. The van der Waals surface area contributed by atoms with E-state index in [0.29, 0.717) is 12.1 Å². The van der Waals surface area contributed by atoms with E-state index in [1.54, 1.807) is 7.11 Å². The molecule has 2 aliphatic heterocycles. The molecule has 116 valence electrons. The van der Waals surface area contributed by atoms with Gasteiger partial charge in [0.25, 0.3) is 0 Å². The molecule has 2 N–H and O–H groups in total. The van der Waals surface area contributed by atoms with Crippen LogP contribution in [0.15, 0.2) is 18.2 Å². The summed E-state index contributed by atoms with van der Waals surface area (Å²) in [6.45, 7) is 7.88. The number of piperazine rings is 1. The molecule has 4 nitrogen and oxygen atoms in total. The van der Waals surface area contributed by atoms with E-state index in [2.05, 4.69) is 28.9 Å². The summed E-state index contributed by atoms with van der Waals surface area (Å²) in [6, 6.07) is 7.48. The highest BCUT2D eigenvalue weighted by atomic mass is 16.5. The Balaban J connectivity index is 1.95. The monoisotopic (exact) mass is 289 g/mol. The molecule has 2 aliphatic rings. The number of ether oxygens (including phenoxy) is 1. The lowest BCUT2D eigenvalue weighted by Crippen LogP contribution is -2.55. The van der Waals surface area contributed by atoms with Gasteiger partial charge in [-0.2, -0.15) is 0 Å². The molecule has 0 amide bonds. The first kappa shape index (κ1) is 14.7. The second-order valence-corrected chi connectivity index (χ2v) is 6.47. The minimum absolute atomic E-state index is 0.0232. The Morgan fingerprint density at radius 3 is 2.86 bits per heavy atom. The molecule has 1 aromatic rings. The maximum Gasteiger partial charge on any atom is 0.125 e. The molecule has 1 aromatic carbocycles. The maximum absolute atomic E-state index is 6.23. The Morgan fingerprint density at radius 2 is 2.14 bits per heavy atom. The van der Waals surface area contributed by atoms with Gasteiger partial charge in [-0.05, 0) is 45.4 Å². The van der Waals surface area contributed by atoms with E-state index in [0.717, 1.165) is 24.4 Å². The molecule has 0 spiro atoms. The molecule has 21 heavy (non-hydrogen) atoms. The van der Waals surface area contributed by atoms with E-state index in [4.69, 9.17) is 10.5 Å². The van der Waals surface area contributed by atoms with Gasteiger partial charge in [-0.15, -0.1) is 0 Å². The van der Waals surface area contributed by atoms with Crippen LogP contribution in [0.3, 0.4) is 0 Å². The minimum Gasteiger partial charge on any atom is -0.496 e. The quantitative estimate of drug-likeness (QED) is 0.928. The highest BCUT2D eigenvalue weighted by Gasteiger charge is 2.35. The van der Waals surface area contributed by atoms with Crippen molar-refractivity contribution in [1.29, 1.82) is 0 Å². The zero-order valence-corrected chi connectivity index (χ0v) is 13.4. The third kappa shape index (κ3) is 2.62. The van der Waals surface area contributed by atoms with Crippen molar-refractivity contribution < 1.29 is 4.74 Å². The first-order valence-corrected chi connectivity index (χ1v) is 8.05. The van der Waals surface area contributed by atoms with Crippen molar-refractivity contribution in [2.24, 2.45) is 5.73 Å². The molecule has 3 rings (SSSR count). The number of methoxy groups -OCH3 is 1. The standard InChI is InChI=1S/C17H27N3O/c1-12-10-19-9-5-6-14(19)11-20(12)15-7-4-8-16(21-3)17(15)13(2)18/h4,7-8,12-14H,5-6,9-11,18H2,1-3H3/t12?,13-,14?/m0/s1. The van der Waals surface area contributed by atoms with Gasteiger partial charge in [-0.1, -0.05) is 6.07 Å². The number of hydrogen-bond donors (Lipinski definition) is 1. The third-order valence-corrected chi connectivity index (χ3v) is 4.97. The Morgan fingerprint density at radius 1 is 1.33 bits per heavy atom. The molecule has 0 saturated carbocycles. The molecule has 2 heterocycles. The predicted octanol–water partition coefficient (Wildman–Crippen LogP) is 2.39. The number of nitrogens with zero attached hydrogens (tertiary/aromatic N) is 2. The average molecular weight is 289 g/mol. The van der Waals surface area contributed by atoms with E-state index >= 15 is 0 Å². The molecule has 0 aliphatic carbocycles. The fourth-order valence-electron chi connectivity index (χ4n) is 3.94. The molecular weight excluding hydrogens is 262 g/mol. The largest absolute Gasteiger partial charge is 0.496 e. The van der Waals surface area contributed by atoms with Crippen LogP contribution in [0.2, 0.25) is 0 Å². The van der Waals surface area contributed by atoms with E-state index in [1.807, 2.05) is 13.0 Å². The van der Waals surface area contributed by atoms with Gasteiger partial charge < -0.3 is 15.4 Å². The molecule has 0 radical (unpaired) electrons. The van der Waals surface area contributed by atoms with Crippen LogP contribution < -0.4 is 15.4 Å². The van der Waals surface area contributed by atoms with E-state index in [1.165, 1.54) is 25.1 Å². The van der Waals surface area contributed by atoms with Crippen LogP contribution in [-0.4, -0.2) is 43.7 Å². The number of benzene rings is 1. The van der Waals surface area contributed by atoms with Gasteiger partial charge in [-0.25, -0.2) is 0 Å². The molecule has 4 heteroatoms. The normalized spacial score (nSPS) is 27.5. The molecular formula is C17H27N3O. The van der Waals surface area contributed by atoms with E-state index in [-0.39, 0.29) is 6.04 Å². The van der Waals surface area contributed by atoms with Crippen LogP contribution in [0.4, 0.5) is 5.69 Å². The Bertz CT molecular complexity index is 503. The summed E-state index contributed by atoms with van der Waals surface area (Å²) in [6.07, 6.45) is 2.66. The highest BCUT2D eigenvalue weighted by Crippen LogP contribution is 2.37. The Kier molecular flexibility index (Phi) is 4.09. The lowest BCUT2D eigenvalue weighted by Gasteiger charge is -2.44. The lowest BCUT2D eigenvalue weighted by molar-refractivity contribution is 0.202. The fraction of sp³-hybridized carbons (Fsp3) is 0.647. The molecule has 2 fully saturated rings. The summed E-state index contributed by atoms with van der Waals surface area (Å²) < 4.78 is 5.54. The van der Waals surface area contributed by atoms with Crippen LogP contribution in [-0.2, 0) is 0 Å². The number of anilines is 1. The number of rotatable bonds is 3. The van der Waals surface area contributed by atoms with Gasteiger partial charge >= 0.3 is 0 Å². The van der Waals surface area contributed by atoms with Gasteiger partial charge in [0.05, 0.1) is 7.11 Å². The van der Waals surface area contributed by atoms with Gasteiger partial charge in [0.1, 0.15) is 5.75 Å². The fourth-order valence-corrected chi connectivity index (χ4v) is 3.94. The number of fused-ring (bicyclic) bond motifs is 1. The minimum atomic E-state index is -0.0232. The maximum atomic E-state index is 6.23. The number of hydrogen-bond acceptors (Lipinski definition) is 4. The first-order valence-electron chi connectivity index (χ1n) is 8.05. The summed E-state index contributed by atoms with van der Waals surface area (Å²) in [5, 5.41) is 0. The summed E-state index contributed by atoms with van der Waals surface area (Å²) in [4.78, 5) is 5.18. The van der Waals surface area contributed by atoms with Crippen LogP contribution in [0.25, 0.3) is 0 Å². The van der Waals surface area contributed by atoms with Gasteiger partial charge in [0.15, 0.2) is 0 Å². The average Bonchev–Trinajstić information content (AvgIpc) is 2.92. The Labute approximate surface area is 127 Å². The highest BCUT2D eigenvalue weighted by molar-refractivity contribution is 5.61. The van der Waals surface area contributed by atoms with Crippen molar-refractivity contribution in [1.82, 2.24) is 4.90 Å². The van der Waals surface area contributed by atoms with Crippen LogP contribution in [0, 0.1) is 0 Å². The van der Waals surface area contributed by atoms with E-state index < -0.39 is 0 Å². The van der Waals surface area contributed by atoms with Crippen LogP contribution >= 0.6 is 0 Å². The summed E-state index contributed by atoms with van der Waals surface area (Å²) in [7, 11) is 1.73. The molecule has 0 bridgehead atoms. The Hall–Kier alpha value is -1.26. The summed E-state index contributed by atoms with van der Waals surface area (Å²) in [5.74, 6) is 0.906. The smallest absolute Gasteiger partial charge is 0.125 e. The number of nitrogens with two attached hydrogens (primary N) is 1. The van der Waals surface area contributed by atoms with E-state index in [9.17, 15) is 0 Å². The van der Waals surface area contributed by atoms with Gasteiger partial charge in [-0.3, -0.25) is 4.90 Å². The van der Waals surface area contributed by atoms with Crippen molar-refractivity contribution >= 4 is 5.69 Å². The SMILES string of the molecule is COc1cccc(N2CC3CCCN3CC2C)c1[C@H](C)N.